The summed E-state index contributed by atoms with van der Waals surface area (Å²) in [7, 11) is 1.50. The number of aryl methyl sites for hydroxylation is 1. The monoisotopic (exact) mass is 509 g/mol. The molecule has 1 aliphatic heterocycles. The molecular formula is C26H28FN5O5. The molecule has 0 unspecified atom stereocenters. The maximum Gasteiger partial charge on any atom is 0.329 e. The van der Waals surface area contributed by atoms with Crippen molar-refractivity contribution in [3.8, 4) is 17.2 Å². The minimum Gasteiger partial charge on any atom is -0.496 e. The first kappa shape index (κ1) is 25.8. The van der Waals surface area contributed by atoms with Gasteiger partial charge in [-0.25, -0.2) is 24.1 Å². The number of aldehydes is 1. The van der Waals surface area contributed by atoms with E-state index in [9.17, 15) is 14.0 Å². The normalized spacial score (nSPS) is 12.5. The highest BCUT2D eigenvalue weighted by molar-refractivity contribution is 6.01. The van der Waals surface area contributed by atoms with Gasteiger partial charge in [0.05, 0.1) is 26.1 Å². The zero-order chi connectivity index (χ0) is 26.5. The van der Waals surface area contributed by atoms with Gasteiger partial charge >= 0.3 is 6.03 Å². The summed E-state index contributed by atoms with van der Waals surface area (Å²) in [6, 6.07) is 2.77. The van der Waals surface area contributed by atoms with Crippen molar-refractivity contribution in [2.45, 2.75) is 40.2 Å². The number of amides is 2. The highest BCUT2D eigenvalue weighted by atomic mass is 19.1. The van der Waals surface area contributed by atoms with Crippen molar-refractivity contribution in [3.05, 3.63) is 58.3 Å². The standard InChI is InChI=1S/C26H28FN5O5/c1-5-36-22-10-21(35-4)16(3)20(23(22)27)14-37-18-11-28-25(29-12-18)31-26(34)32-8-6-7-19-15(2)9-17(13-33)30-24(19)32/h9-13H,5-8,14H2,1-4H3,(H,28,29,31,34). The number of urea groups is 1. The fourth-order valence-electron chi connectivity index (χ4n) is 4.19. The molecule has 37 heavy (non-hydrogen) atoms. The molecule has 2 amide bonds. The van der Waals surface area contributed by atoms with E-state index in [1.807, 2.05) is 6.92 Å². The van der Waals surface area contributed by atoms with Gasteiger partial charge in [0.25, 0.3) is 0 Å². The second-order valence-corrected chi connectivity index (χ2v) is 8.43. The van der Waals surface area contributed by atoms with Crippen LogP contribution >= 0.6 is 0 Å². The molecule has 3 heterocycles. The minimum atomic E-state index is -0.520. The highest BCUT2D eigenvalue weighted by Gasteiger charge is 2.26. The zero-order valence-electron chi connectivity index (χ0n) is 21.1. The van der Waals surface area contributed by atoms with E-state index in [1.54, 1.807) is 19.9 Å². The molecule has 11 heteroatoms. The number of carbonyl (C=O) groups excluding carboxylic acids is 2. The van der Waals surface area contributed by atoms with Crippen LogP contribution in [0.15, 0.2) is 24.5 Å². The van der Waals surface area contributed by atoms with E-state index in [2.05, 4.69) is 20.3 Å². The molecule has 1 aromatic carbocycles. The van der Waals surface area contributed by atoms with E-state index < -0.39 is 11.8 Å². The quantitative estimate of drug-likeness (QED) is 0.444. The number of fused-ring (bicyclic) bond motifs is 1. The Balaban J connectivity index is 1.45. The van der Waals surface area contributed by atoms with Crippen molar-refractivity contribution >= 4 is 24.1 Å². The molecule has 0 atom stereocenters. The Kier molecular flexibility index (Phi) is 7.80. The number of hydrogen-bond donors (Lipinski definition) is 1. The third kappa shape index (κ3) is 5.45. The maximum atomic E-state index is 14.9. The predicted octanol–water partition coefficient (Wildman–Crippen LogP) is 4.41. The van der Waals surface area contributed by atoms with Gasteiger partial charge < -0.3 is 14.2 Å². The third-order valence-corrected chi connectivity index (χ3v) is 6.09. The average molecular weight is 510 g/mol. The van der Waals surface area contributed by atoms with Crippen molar-refractivity contribution in [1.82, 2.24) is 15.0 Å². The number of rotatable bonds is 8. The van der Waals surface area contributed by atoms with E-state index in [0.29, 0.717) is 42.1 Å². The van der Waals surface area contributed by atoms with Crippen molar-refractivity contribution in [1.29, 1.82) is 0 Å². The minimum absolute atomic E-state index is 0.0649. The van der Waals surface area contributed by atoms with Gasteiger partial charge in [-0.15, -0.1) is 0 Å². The first-order valence-corrected chi connectivity index (χ1v) is 11.8. The van der Waals surface area contributed by atoms with Crippen LogP contribution in [0.25, 0.3) is 0 Å². The van der Waals surface area contributed by atoms with Crippen molar-refractivity contribution in [2.24, 2.45) is 0 Å². The molecule has 0 spiro atoms. The number of ether oxygens (including phenoxy) is 3. The van der Waals surface area contributed by atoms with Crippen LogP contribution in [0.2, 0.25) is 0 Å². The number of nitrogens with zero attached hydrogens (tertiary/aromatic N) is 4. The van der Waals surface area contributed by atoms with Gasteiger partial charge in [-0.05, 0) is 50.8 Å². The molecule has 2 aromatic heterocycles. The molecule has 1 aliphatic rings. The van der Waals surface area contributed by atoms with Crippen molar-refractivity contribution < 1.29 is 28.2 Å². The SMILES string of the molecule is CCOc1cc(OC)c(C)c(COc2cnc(NC(=O)N3CCCc4c(C)cc(C=O)nc43)nc2)c1F. The Morgan fingerprint density at radius 2 is 1.95 bits per heavy atom. The Hall–Kier alpha value is -4.28. The second kappa shape index (κ2) is 11.2. The Labute approximate surface area is 213 Å². The zero-order valence-corrected chi connectivity index (χ0v) is 21.1. The third-order valence-electron chi connectivity index (χ3n) is 6.09. The summed E-state index contributed by atoms with van der Waals surface area (Å²) >= 11 is 0. The number of hydrogen-bond acceptors (Lipinski definition) is 8. The van der Waals surface area contributed by atoms with E-state index in [1.165, 1.54) is 30.5 Å². The van der Waals surface area contributed by atoms with Crippen LogP contribution in [-0.4, -0.2) is 47.5 Å². The summed E-state index contributed by atoms with van der Waals surface area (Å²) in [5.74, 6) is 0.870. The van der Waals surface area contributed by atoms with E-state index in [4.69, 9.17) is 14.2 Å². The smallest absolute Gasteiger partial charge is 0.329 e. The maximum absolute atomic E-state index is 14.9. The Morgan fingerprint density at radius 3 is 2.62 bits per heavy atom. The Bertz CT molecular complexity index is 1320. The molecule has 0 aliphatic carbocycles. The molecule has 0 fully saturated rings. The second-order valence-electron chi connectivity index (χ2n) is 8.43. The molecule has 3 aromatic rings. The number of halogens is 1. The number of nitrogens with one attached hydrogen (secondary N) is 1. The molecule has 4 rings (SSSR count). The van der Waals surface area contributed by atoms with E-state index >= 15 is 0 Å². The lowest BCUT2D eigenvalue weighted by atomic mass is 10.0. The van der Waals surface area contributed by atoms with Crippen LogP contribution in [0.3, 0.4) is 0 Å². The molecule has 0 saturated carbocycles. The van der Waals surface area contributed by atoms with Gasteiger partial charge in [0.15, 0.2) is 23.6 Å². The summed E-state index contributed by atoms with van der Waals surface area (Å²) < 4.78 is 31.3. The topological polar surface area (TPSA) is 116 Å². The summed E-state index contributed by atoms with van der Waals surface area (Å²) in [6.45, 7) is 6.06. The van der Waals surface area contributed by atoms with Crippen molar-refractivity contribution in [2.75, 3.05) is 30.5 Å². The van der Waals surface area contributed by atoms with Crippen LogP contribution in [-0.2, 0) is 13.0 Å². The van der Waals surface area contributed by atoms with Gasteiger partial charge in [0.1, 0.15) is 23.9 Å². The summed E-state index contributed by atoms with van der Waals surface area (Å²) in [5, 5.41) is 2.65. The van der Waals surface area contributed by atoms with E-state index in [-0.39, 0.29) is 29.7 Å². The number of carbonyl (C=O) groups is 2. The first-order chi connectivity index (χ1) is 17.9. The lowest BCUT2D eigenvalue weighted by Gasteiger charge is -2.29. The fraction of sp³-hybridized carbons (Fsp3) is 0.346. The lowest BCUT2D eigenvalue weighted by molar-refractivity contribution is 0.111. The number of methoxy groups -OCH3 is 1. The van der Waals surface area contributed by atoms with Gasteiger partial charge in [0, 0.05) is 23.7 Å². The van der Waals surface area contributed by atoms with Crippen molar-refractivity contribution in [3.63, 3.8) is 0 Å². The average Bonchev–Trinajstić information content (AvgIpc) is 2.90. The molecular weight excluding hydrogens is 481 g/mol. The number of anilines is 2. The first-order valence-electron chi connectivity index (χ1n) is 11.8. The molecule has 0 bridgehead atoms. The highest BCUT2D eigenvalue weighted by Crippen LogP contribution is 2.33. The van der Waals surface area contributed by atoms with Gasteiger partial charge in [-0.2, -0.15) is 0 Å². The summed E-state index contributed by atoms with van der Waals surface area (Å²) in [6.07, 6.45) is 4.98. The van der Waals surface area contributed by atoms with E-state index in [0.717, 1.165) is 24.0 Å². The van der Waals surface area contributed by atoms with Gasteiger partial charge in [-0.3, -0.25) is 15.0 Å². The lowest BCUT2D eigenvalue weighted by Crippen LogP contribution is -2.40. The molecule has 194 valence electrons. The van der Waals surface area contributed by atoms with Crippen LogP contribution in [0, 0.1) is 19.7 Å². The molecule has 0 saturated heterocycles. The predicted molar refractivity (Wildman–Crippen MR) is 134 cm³/mol. The fourth-order valence-corrected chi connectivity index (χ4v) is 4.19. The summed E-state index contributed by atoms with van der Waals surface area (Å²) in [4.78, 5) is 38.3. The Morgan fingerprint density at radius 1 is 1.19 bits per heavy atom. The number of benzene rings is 1. The van der Waals surface area contributed by atoms with Crippen LogP contribution < -0.4 is 24.4 Å². The molecule has 1 N–H and O–H groups in total. The number of pyridine rings is 1. The van der Waals surface area contributed by atoms with Crippen LogP contribution in [0.4, 0.5) is 21.0 Å². The molecule has 0 radical (unpaired) electrons. The van der Waals surface area contributed by atoms with Gasteiger partial charge in [0.2, 0.25) is 5.95 Å². The van der Waals surface area contributed by atoms with Crippen LogP contribution in [0.5, 0.6) is 17.2 Å². The number of aromatic nitrogens is 3. The van der Waals surface area contributed by atoms with Gasteiger partial charge in [-0.1, -0.05) is 0 Å². The summed E-state index contributed by atoms with van der Waals surface area (Å²) in [5.41, 5.74) is 3.01. The molecule has 10 nitrogen and oxygen atoms in total. The largest absolute Gasteiger partial charge is 0.496 e. The van der Waals surface area contributed by atoms with Crippen LogP contribution in [0.1, 0.15) is 46.1 Å².